The van der Waals surface area contributed by atoms with Gasteiger partial charge in [0.25, 0.3) is 0 Å². The van der Waals surface area contributed by atoms with Crippen molar-refractivity contribution in [3.8, 4) is 6.07 Å². The summed E-state index contributed by atoms with van der Waals surface area (Å²) < 4.78 is 5.89. The molecule has 2 aromatic carbocycles. The van der Waals surface area contributed by atoms with Crippen molar-refractivity contribution in [2.24, 2.45) is 5.92 Å². The third-order valence-corrected chi connectivity index (χ3v) is 6.26. The zero-order chi connectivity index (χ0) is 22.5. The van der Waals surface area contributed by atoms with Crippen molar-refractivity contribution in [2.45, 2.75) is 32.2 Å². The van der Waals surface area contributed by atoms with Gasteiger partial charge in [-0.05, 0) is 88.1 Å². The Morgan fingerprint density at radius 1 is 1.16 bits per heavy atom. The fraction of sp³-hybridized carbons (Fsp3) is 0.385. The molecule has 4 rings (SSSR count). The highest BCUT2D eigenvalue weighted by Gasteiger charge is 2.19. The molecule has 2 heterocycles. The summed E-state index contributed by atoms with van der Waals surface area (Å²) in [5.41, 5.74) is 5.92. The number of nitrogens with zero attached hydrogens (tertiary/aromatic N) is 4. The van der Waals surface area contributed by atoms with Crippen molar-refractivity contribution in [3.05, 3.63) is 64.3 Å². The highest BCUT2D eigenvalue weighted by molar-refractivity contribution is 6.04. The van der Waals surface area contributed by atoms with E-state index >= 15 is 0 Å². The standard InChI is InChI=1S/C26H29BN4O/c1-30(2)18-24-22(9-7-19-3-5-21(17-28)6-4-19)10-11-23-25(29-32-26(23)24)12-8-20-13-15-31(27)16-14-20/h3-7,9-11,20H,8,12-16,18H2,1-2H3/b9-7+. The van der Waals surface area contributed by atoms with E-state index in [-0.39, 0.29) is 0 Å². The average molecular weight is 424 g/mol. The predicted octanol–water partition coefficient (Wildman–Crippen LogP) is 4.66. The van der Waals surface area contributed by atoms with E-state index < -0.39 is 0 Å². The number of benzene rings is 2. The Morgan fingerprint density at radius 2 is 1.91 bits per heavy atom. The molecule has 0 amide bonds. The molecular weight excluding hydrogens is 395 g/mol. The van der Waals surface area contributed by atoms with Crippen LogP contribution in [-0.2, 0) is 13.0 Å². The maximum atomic E-state index is 8.99. The number of fused-ring (bicyclic) bond motifs is 1. The molecule has 2 radical (unpaired) electrons. The van der Waals surface area contributed by atoms with Crippen LogP contribution in [0.3, 0.4) is 0 Å². The second-order valence-electron chi connectivity index (χ2n) is 8.96. The number of aromatic nitrogens is 1. The van der Waals surface area contributed by atoms with Gasteiger partial charge < -0.3 is 14.2 Å². The van der Waals surface area contributed by atoms with E-state index in [1.165, 1.54) is 0 Å². The van der Waals surface area contributed by atoms with Crippen LogP contribution < -0.4 is 0 Å². The van der Waals surface area contributed by atoms with Crippen molar-refractivity contribution in [1.82, 2.24) is 14.9 Å². The smallest absolute Gasteiger partial charge is 0.182 e. The molecule has 6 heteroatoms. The van der Waals surface area contributed by atoms with Gasteiger partial charge in [0.15, 0.2) is 13.6 Å². The second kappa shape index (κ2) is 10.2. The number of piperidine rings is 1. The van der Waals surface area contributed by atoms with Gasteiger partial charge in [0.1, 0.15) is 0 Å². The molecule has 0 saturated carbocycles. The monoisotopic (exact) mass is 424 g/mol. The summed E-state index contributed by atoms with van der Waals surface area (Å²) in [6.45, 7) is 2.73. The molecule has 0 N–H and O–H groups in total. The third kappa shape index (κ3) is 5.30. The minimum atomic E-state index is 0.666. The van der Waals surface area contributed by atoms with Crippen LogP contribution in [0.15, 0.2) is 40.9 Å². The Labute approximate surface area is 191 Å². The SMILES string of the molecule is [B]N1CCC(CCc2noc3c(CN(C)C)c(/C=C/c4ccc(C#N)cc4)ccc23)CC1. The largest absolute Gasteiger partial charge is 0.356 e. The molecule has 1 saturated heterocycles. The predicted molar refractivity (Wildman–Crippen MR) is 130 cm³/mol. The van der Waals surface area contributed by atoms with Gasteiger partial charge >= 0.3 is 0 Å². The van der Waals surface area contributed by atoms with E-state index in [4.69, 9.17) is 17.8 Å². The highest BCUT2D eigenvalue weighted by atomic mass is 16.5. The Kier molecular flexibility index (Phi) is 7.09. The number of hydrogen-bond acceptors (Lipinski definition) is 5. The Morgan fingerprint density at radius 3 is 2.59 bits per heavy atom. The van der Waals surface area contributed by atoms with Gasteiger partial charge in [-0.3, -0.25) is 0 Å². The normalized spacial score (nSPS) is 15.7. The summed E-state index contributed by atoms with van der Waals surface area (Å²) in [5, 5.41) is 14.6. The van der Waals surface area contributed by atoms with Crippen molar-refractivity contribution in [3.63, 3.8) is 0 Å². The third-order valence-electron chi connectivity index (χ3n) is 6.26. The molecule has 32 heavy (non-hydrogen) atoms. The summed E-state index contributed by atoms with van der Waals surface area (Å²) in [5.74, 6) is 0.706. The maximum absolute atomic E-state index is 8.99. The summed E-state index contributed by atoms with van der Waals surface area (Å²) in [4.78, 5) is 4.07. The molecule has 0 unspecified atom stereocenters. The first-order chi connectivity index (χ1) is 15.5. The van der Waals surface area contributed by atoms with E-state index in [2.05, 4.69) is 54.5 Å². The van der Waals surface area contributed by atoms with Crippen LogP contribution in [0.1, 0.15) is 47.2 Å². The average Bonchev–Trinajstić information content (AvgIpc) is 3.21. The Balaban J connectivity index is 1.57. The molecule has 0 aliphatic carbocycles. The minimum absolute atomic E-state index is 0.666. The van der Waals surface area contributed by atoms with Gasteiger partial charge in [-0.1, -0.05) is 35.5 Å². The summed E-state index contributed by atoms with van der Waals surface area (Å²) >= 11 is 0. The molecule has 162 valence electrons. The first-order valence-corrected chi connectivity index (χ1v) is 11.3. The molecule has 3 aromatic rings. The van der Waals surface area contributed by atoms with Gasteiger partial charge in [0, 0.05) is 17.5 Å². The number of rotatable bonds is 7. The lowest BCUT2D eigenvalue weighted by Gasteiger charge is -2.29. The first-order valence-electron chi connectivity index (χ1n) is 11.3. The van der Waals surface area contributed by atoms with E-state index in [0.717, 1.165) is 78.7 Å². The van der Waals surface area contributed by atoms with E-state index in [1.807, 2.05) is 29.1 Å². The van der Waals surface area contributed by atoms with Crippen molar-refractivity contribution in [1.29, 1.82) is 5.26 Å². The topological polar surface area (TPSA) is 56.3 Å². The van der Waals surface area contributed by atoms with Crippen LogP contribution in [0.2, 0.25) is 0 Å². The van der Waals surface area contributed by atoms with E-state index in [1.54, 1.807) is 0 Å². The highest BCUT2D eigenvalue weighted by Crippen LogP contribution is 2.30. The maximum Gasteiger partial charge on any atom is 0.182 e. The summed E-state index contributed by atoms with van der Waals surface area (Å²) in [6, 6.07) is 14.1. The van der Waals surface area contributed by atoms with Gasteiger partial charge in [-0.25, -0.2) is 0 Å². The fourth-order valence-electron chi connectivity index (χ4n) is 4.38. The lowest BCUT2D eigenvalue weighted by atomic mass is 9.90. The molecule has 1 aromatic heterocycles. The van der Waals surface area contributed by atoms with E-state index in [9.17, 15) is 0 Å². The summed E-state index contributed by atoms with van der Waals surface area (Å²) in [6.07, 6.45) is 8.55. The van der Waals surface area contributed by atoms with Gasteiger partial charge in [0.2, 0.25) is 0 Å². The zero-order valence-electron chi connectivity index (χ0n) is 18.9. The number of hydrogen-bond donors (Lipinski definition) is 0. The quantitative estimate of drug-likeness (QED) is 0.408. The first kappa shape index (κ1) is 22.3. The second-order valence-corrected chi connectivity index (χ2v) is 8.96. The van der Waals surface area contributed by atoms with Gasteiger partial charge in [0.05, 0.1) is 17.3 Å². The lowest BCUT2D eigenvalue weighted by molar-refractivity contribution is 0.270. The molecular formula is C26H29BN4O. The number of nitriles is 1. The zero-order valence-corrected chi connectivity index (χ0v) is 18.9. The van der Waals surface area contributed by atoms with Crippen molar-refractivity contribution < 1.29 is 4.52 Å². The van der Waals surface area contributed by atoms with Gasteiger partial charge in [-0.2, -0.15) is 5.26 Å². The van der Waals surface area contributed by atoms with Crippen LogP contribution >= 0.6 is 0 Å². The lowest BCUT2D eigenvalue weighted by Crippen LogP contribution is -2.31. The fourth-order valence-corrected chi connectivity index (χ4v) is 4.38. The molecule has 0 bridgehead atoms. The van der Waals surface area contributed by atoms with Gasteiger partial charge in [-0.15, -0.1) is 0 Å². The molecule has 5 nitrogen and oxygen atoms in total. The Hall–Kier alpha value is -2.88. The molecule has 1 aliphatic heterocycles. The molecule has 1 aliphatic rings. The van der Waals surface area contributed by atoms with E-state index in [0.29, 0.717) is 11.5 Å². The minimum Gasteiger partial charge on any atom is -0.356 e. The molecule has 1 fully saturated rings. The van der Waals surface area contributed by atoms with Crippen molar-refractivity contribution >= 4 is 31.1 Å². The molecule has 0 atom stereocenters. The molecule has 0 spiro atoms. The van der Waals surface area contributed by atoms with Crippen LogP contribution in [0.4, 0.5) is 0 Å². The van der Waals surface area contributed by atoms with Crippen LogP contribution in [0.5, 0.6) is 0 Å². The number of aryl methyl sites for hydroxylation is 1. The summed E-state index contributed by atoms with van der Waals surface area (Å²) in [7, 11) is 10.0. The van der Waals surface area contributed by atoms with Crippen LogP contribution in [-0.4, -0.2) is 50.0 Å². The van der Waals surface area contributed by atoms with Crippen molar-refractivity contribution in [2.75, 3.05) is 27.2 Å². The van der Waals surface area contributed by atoms with Crippen LogP contribution in [0, 0.1) is 17.2 Å². The van der Waals surface area contributed by atoms with Crippen LogP contribution in [0.25, 0.3) is 23.1 Å². The Bertz CT molecular complexity index is 1120.